The quantitative estimate of drug-likeness (QED) is 0.905. The van der Waals surface area contributed by atoms with Gasteiger partial charge in [-0.15, -0.1) is 0 Å². The molecule has 1 aliphatic carbocycles. The molecule has 1 aromatic carbocycles. The van der Waals surface area contributed by atoms with Gasteiger partial charge in [0.1, 0.15) is 0 Å². The van der Waals surface area contributed by atoms with Gasteiger partial charge in [0.2, 0.25) is 0 Å². The average molecular weight is 297 g/mol. The number of aliphatic hydroxyl groups excluding tert-OH is 1. The summed E-state index contributed by atoms with van der Waals surface area (Å²) in [6.07, 6.45) is 6.97. The highest BCUT2D eigenvalue weighted by molar-refractivity contribution is 7.90. The molecule has 0 spiro atoms. The number of para-hydroxylation sites is 1. The Morgan fingerprint density at radius 3 is 2.45 bits per heavy atom. The standard InChI is InChI=1S/C15H23NO3S/c1-20(18,19)15-10-6-5-9-14(15)16(11-12-17)13-7-3-2-4-8-13/h5-6,9-10,13,17H,2-4,7-8,11-12H2,1H3. The number of nitrogens with zero attached hydrogens (tertiary/aromatic N) is 1. The Kier molecular flexibility index (Phi) is 5.05. The first-order valence-corrected chi connectivity index (χ1v) is 9.10. The van der Waals surface area contributed by atoms with Crippen molar-refractivity contribution in [2.45, 2.75) is 43.0 Å². The maximum atomic E-state index is 12.0. The van der Waals surface area contributed by atoms with Gasteiger partial charge in [-0.05, 0) is 25.0 Å². The van der Waals surface area contributed by atoms with Crippen LogP contribution in [0.15, 0.2) is 29.2 Å². The van der Waals surface area contributed by atoms with Gasteiger partial charge in [-0.1, -0.05) is 31.4 Å². The second-order valence-electron chi connectivity index (χ2n) is 5.45. The minimum absolute atomic E-state index is 0.0363. The lowest BCUT2D eigenvalue weighted by atomic mass is 9.94. The maximum absolute atomic E-state index is 12.0. The molecule has 2 rings (SSSR count). The number of benzene rings is 1. The lowest BCUT2D eigenvalue weighted by molar-refractivity contribution is 0.289. The van der Waals surface area contributed by atoms with Crippen molar-refractivity contribution >= 4 is 15.5 Å². The summed E-state index contributed by atoms with van der Waals surface area (Å²) >= 11 is 0. The molecule has 20 heavy (non-hydrogen) atoms. The van der Waals surface area contributed by atoms with Gasteiger partial charge < -0.3 is 10.0 Å². The molecule has 0 bridgehead atoms. The minimum atomic E-state index is -3.26. The Labute approximate surface area is 121 Å². The van der Waals surface area contributed by atoms with Crippen LogP contribution in [0.4, 0.5) is 5.69 Å². The Morgan fingerprint density at radius 1 is 1.20 bits per heavy atom. The van der Waals surface area contributed by atoms with Crippen molar-refractivity contribution < 1.29 is 13.5 Å². The zero-order valence-corrected chi connectivity index (χ0v) is 12.8. The van der Waals surface area contributed by atoms with E-state index in [-0.39, 0.29) is 6.61 Å². The largest absolute Gasteiger partial charge is 0.395 e. The van der Waals surface area contributed by atoms with Gasteiger partial charge in [0.05, 0.1) is 17.2 Å². The molecule has 112 valence electrons. The van der Waals surface area contributed by atoms with Crippen LogP contribution in [-0.4, -0.2) is 39.0 Å². The summed E-state index contributed by atoms with van der Waals surface area (Å²) in [7, 11) is -3.26. The van der Waals surface area contributed by atoms with Crippen LogP contribution in [0.1, 0.15) is 32.1 Å². The van der Waals surface area contributed by atoms with E-state index in [1.807, 2.05) is 12.1 Å². The van der Waals surface area contributed by atoms with Gasteiger partial charge in [0.25, 0.3) is 0 Å². The van der Waals surface area contributed by atoms with E-state index >= 15 is 0 Å². The van der Waals surface area contributed by atoms with Crippen LogP contribution in [0.25, 0.3) is 0 Å². The zero-order valence-electron chi connectivity index (χ0n) is 12.0. The van der Waals surface area contributed by atoms with Crippen LogP contribution in [0.3, 0.4) is 0 Å². The molecule has 0 aliphatic heterocycles. The maximum Gasteiger partial charge on any atom is 0.177 e. The summed E-state index contributed by atoms with van der Waals surface area (Å²) in [4.78, 5) is 2.44. The van der Waals surface area contributed by atoms with Gasteiger partial charge in [0, 0.05) is 18.8 Å². The molecular formula is C15H23NO3S. The third-order valence-electron chi connectivity index (χ3n) is 3.93. The van der Waals surface area contributed by atoms with Gasteiger partial charge in [0.15, 0.2) is 9.84 Å². The monoisotopic (exact) mass is 297 g/mol. The molecule has 5 heteroatoms. The molecule has 0 atom stereocenters. The van der Waals surface area contributed by atoms with Crippen molar-refractivity contribution in [1.82, 2.24) is 0 Å². The van der Waals surface area contributed by atoms with Gasteiger partial charge >= 0.3 is 0 Å². The van der Waals surface area contributed by atoms with E-state index in [0.717, 1.165) is 18.5 Å². The van der Waals surface area contributed by atoms with Crippen LogP contribution in [-0.2, 0) is 9.84 Å². The number of hydrogen-bond donors (Lipinski definition) is 1. The Balaban J connectivity index is 2.38. The second kappa shape index (κ2) is 6.59. The lowest BCUT2D eigenvalue weighted by Crippen LogP contribution is -2.39. The van der Waals surface area contributed by atoms with Gasteiger partial charge in [-0.3, -0.25) is 0 Å². The normalized spacial score (nSPS) is 17.1. The predicted octanol–water partition coefficient (Wildman–Crippen LogP) is 2.22. The summed E-state index contributed by atoms with van der Waals surface area (Å²) in [6.45, 7) is 0.520. The fourth-order valence-electron chi connectivity index (χ4n) is 3.01. The van der Waals surface area contributed by atoms with Crippen LogP contribution in [0, 0.1) is 0 Å². The van der Waals surface area contributed by atoms with E-state index < -0.39 is 9.84 Å². The van der Waals surface area contributed by atoms with Crippen molar-refractivity contribution in [1.29, 1.82) is 0 Å². The van der Waals surface area contributed by atoms with E-state index in [1.165, 1.54) is 25.5 Å². The molecule has 0 radical (unpaired) electrons. The van der Waals surface area contributed by atoms with E-state index in [2.05, 4.69) is 4.90 Å². The lowest BCUT2D eigenvalue weighted by Gasteiger charge is -2.36. The van der Waals surface area contributed by atoms with Crippen LogP contribution in [0.5, 0.6) is 0 Å². The van der Waals surface area contributed by atoms with Crippen LogP contribution < -0.4 is 4.90 Å². The van der Waals surface area contributed by atoms with Crippen molar-refractivity contribution in [3.05, 3.63) is 24.3 Å². The molecule has 1 saturated carbocycles. The molecule has 1 aromatic rings. The Hall–Kier alpha value is -1.07. The van der Waals surface area contributed by atoms with E-state index in [0.29, 0.717) is 17.5 Å². The third-order valence-corrected chi connectivity index (χ3v) is 5.07. The molecular weight excluding hydrogens is 274 g/mol. The van der Waals surface area contributed by atoms with Gasteiger partial charge in [-0.2, -0.15) is 0 Å². The van der Waals surface area contributed by atoms with E-state index in [1.54, 1.807) is 12.1 Å². The minimum Gasteiger partial charge on any atom is -0.395 e. The topological polar surface area (TPSA) is 57.6 Å². The summed E-state index contributed by atoms with van der Waals surface area (Å²) in [5.74, 6) is 0. The van der Waals surface area contributed by atoms with Crippen LogP contribution >= 0.6 is 0 Å². The van der Waals surface area contributed by atoms with Crippen molar-refractivity contribution in [3.63, 3.8) is 0 Å². The fourth-order valence-corrected chi connectivity index (χ4v) is 3.90. The average Bonchev–Trinajstić information content (AvgIpc) is 2.45. The predicted molar refractivity (Wildman–Crippen MR) is 80.9 cm³/mol. The number of aliphatic hydroxyl groups is 1. The molecule has 0 aromatic heterocycles. The molecule has 0 amide bonds. The summed E-state index contributed by atoms with van der Waals surface area (Å²) in [6, 6.07) is 7.44. The number of hydrogen-bond acceptors (Lipinski definition) is 4. The third kappa shape index (κ3) is 3.52. The summed E-state index contributed by atoms with van der Waals surface area (Å²) in [5.41, 5.74) is 0.732. The molecule has 1 fully saturated rings. The molecule has 4 nitrogen and oxygen atoms in total. The SMILES string of the molecule is CS(=O)(=O)c1ccccc1N(CCO)C1CCCCC1. The second-order valence-corrected chi connectivity index (χ2v) is 7.43. The molecule has 0 saturated heterocycles. The van der Waals surface area contributed by atoms with E-state index in [9.17, 15) is 13.5 Å². The fraction of sp³-hybridized carbons (Fsp3) is 0.600. The van der Waals surface area contributed by atoms with Crippen molar-refractivity contribution in [2.24, 2.45) is 0 Å². The van der Waals surface area contributed by atoms with Crippen molar-refractivity contribution in [2.75, 3.05) is 24.3 Å². The first kappa shape index (κ1) is 15.3. The number of anilines is 1. The first-order chi connectivity index (χ1) is 9.54. The van der Waals surface area contributed by atoms with Crippen molar-refractivity contribution in [3.8, 4) is 0 Å². The molecule has 0 heterocycles. The van der Waals surface area contributed by atoms with Crippen LogP contribution in [0.2, 0.25) is 0 Å². The Morgan fingerprint density at radius 2 is 1.85 bits per heavy atom. The highest BCUT2D eigenvalue weighted by Crippen LogP contribution is 2.31. The summed E-state index contributed by atoms with van der Waals surface area (Å²) in [5, 5.41) is 9.33. The smallest absolute Gasteiger partial charge is 0.177 e. The van der Waals surface area contributed by atoms with E-state index in [4.69, 9.17) is 0 Å². The molecule has 0 unspecified atom stereocenters. The first-order valence-electron chi connectivity index (χ1n) is 7.20. The zero-order chi connectivity index (χ0) is 14.6. The highest BCUT2D eigenvalue weighted by atomic mass is 32.2. The van der Waals surface area contributed by atoms with Gasteiger partial charge in [-0.25, -0.2) is 8.42 Å². The number of sulfone groups is 1. The Bertz CT molecular complexity index is 536. The molecule has 1 N–H and O–H groups in total. The molecule has 1 aliphatic rings. The summed E-state index contributed by atoms with van der Waals surface area (Å²) < 4.78 is 23.9. The highest BCUT2D eigenvalue weighted by Gasteiger charge is 2.25. The number of rotatable bonds is 5.